The first kappa shape index (κ1) is 6.99. The van der Waals surface area contributed by atoms with Gasteiger partial charge in [0.1, 0.15) is 0 Å². The maximum absolute atomic E-state index is 8.65. The van der Waals surface area contributed by atoms with Crippen LogP contribution in [0.15, 0.2) is 0 Å². The first-order chi connectivity index (χ1) is 4.24. The van der Waals surface area contributed by atoms with Gasteiger partial charge in [-0.1, -0.05) is 0 Å². The summed E-state index contributed by atoms with van der Waals surface area (Å²) in [5.74, 6) is 0. The second-order valence-corrected chi connectivity index (χ2v) is 2.57. The van der Waals surface area contributed by atoms with Crippen LogP contribution in [-0.4, -0.2) is 30.0 Å². The minimum absolute atomic E-state index is 0.0324. The molecule has 1 aliphatic heterocycles. The zero-order chi connectivity index (χ0) is 6.85. The molecule has 3 heteroatoms. The van der Waals surface area contributed by atoms with Gasteiger partial charge in [0.15, 0.2) is 0 Å². The van der Waals surface area contributed by atoms with Gasteiger partial charge < -0.3 is 15.6 Å². The summed E-state index contributed by atoms with van der Waals surface area (Å²) >= 11 is 0. The largest absolute Gasteiger partial charge is 0.394 e. The predicted molar refractivity (Wildman–Crippen MR) is 34.0 cm³/mol. The van der Waals surface area contributed by atoms with Crippen LogP contribution >= 0.6 is 0 Å². The van der Waals surface area contributed by atoms with Gasteiger partial charge in [-0.3, -0.25) is 0 Å². The normalized spacial score (nSPS) is 43.7. The molecule has 1 fully saturated rings. The molecule has 54 valence electrons. The van der Waals surface area contributed by atoms with Crippen molar-refractivity contribution in [1.29, 1.82) is 0 Å². The highest BCUT2D eigenvalue weighted by molar-refractivity contribution is 4.82. The standard InChI is InChI=1S/C6H13NO2/c1-4-2-5(7)6(3-8)9-4/h4-6,8H,2-3,7H2,1H3/t4-,5-,6?/m0/s1. The summed E-state index contributed by atoms with van der Waals surface area (Å²) in [4.78, 5) is 0. The van der Waals surface area contributed by atoms with Crippen molar-refractivity contribution >= 4 is 0 Å². The summed E-state index contributed by atoms with van der Waals surface area (Å²) in [5.41, 5.74) is 5.59. The summed E-state index contributed by atoms with van der Waals surface area (Å²) in [7, 11) is 0. The lowest BCUT2D eigenvalue weighted by atomic mass is 10.1. The van der Waals surface area contributed by atoms with Gasteiger partial charge in [0.2, 0.25) is 0 Å². The van der Waals surface area contributed by atoms with E-state index in [4.69, 9.17) is 15.6 Å². The highest BCUT2D eigenvalue weighted by Gasteiger charge is 2.28. The lowest BCUT2D eigenvalue weighted by Gasteiger charge is -2.09. The van der Waals surface area contributed by atoms with Crippen LogP contribution in [0.5, 0.6) is 0 Å². The highest BCUT2D eigenvalue weighted by atomic mass is 16.5. The van der Waals surface area contributed by atoms with E-state index in [1.54, 1.807) is 0 Å². The quantitative estimate of drug-likeness (QED) is 0.503. The molecule has 9 heavy (non-hydrogen) atoms. The van der Waals surface area contributed by atoms with Gasteiger partial charge in [-0.2, -0.15) is 0 Å². The molecule has 1 unspecified atom stereocenters. The van der Waals surface area contributed by atoms with Crippen molar-refractivity contribution in [2.75, 3.05) is 6.61 Å². The second kappa shape index (κ2) is 2.64. The van der Waals surface area contributed by atoms with Crippen molar-refractivity contribution in [1.82, 2.24) is 0 Å². The van der Waals surface area contributed by atoms with Crippen molar-refractivity contribution in [3.8, 4) is 0 Å². The van der Waals surface area contributed by atoms with Gasteiger partial charge in [-0.05, 0) is 13.3 Å². The summed E-state index contributed by atoms with van der Waals surface area (Å²) < 4.78 is 5.25. The third kappa shape index (κ3) is 1.41. The topological polar surface area (TPSA) is 55.5 Å². The minimum atomic E-state index is -0.125. The molecule has 0 spiro atoms. The maximum atomic E-state index is 8.65. The summed E-state index contributed by atoms with van der Waals surface area (Å²) in [6.45, 7) is 2.01. The first-order valence-corrected chi connectivity index (χ1v) is 3.26. The van der Waals surface area contributed by atoms with Gasteiger partial charge in [0.25, 0.3) is 0 Å². The average molecular weight is 131 g/mol. The van der Waals surface area contributed by atoms with Crippen LogP contribution in [0.1, 0.15) is 13.3 Å². The highest BCUT2D eigenvalue weighted by Crippen LogP contribution is 2.17. The van der Waals surface area contributed by atoms with Crippen molar-refractivity contribution < 1.29 is 9.84 Å². The molecule has 1 heterocycles. The third-order valence-electron chi connectivity index (χ3n) is 1.67. The molecule has 1 saturated heterocycles. The van der Waals surface area contributed by atoms with Gasteiger partial charge in [-0.25, -0.2) is 0 Å². The number of nitrogens with two attached hydrogens (primary N) is 1. The van der Waals surface area contributed by atoms with E-state index in [9.17, 15) is 0 Å². The van der Waals surface area contributed by atoms with Crippen LogP contribution in [-0.2, 0) is 4.74 Å². The molecule has 3 atom stereocenters. The SMILES string of the molecule is C[C@H]1C[C@H](N)C(CO)O1. The third-order valence-corrected chi connectivity index (χ3v) is 1.67. The summed E-state index contributed by atoms with van der Waals surface area (Å²) in [6.07, 6.45) is 0.961. The summed E-state index contributed by atoms with van der Waals surface area (Å²) in [5, 5.41) is 8.65. The van der Waals surface area contributed by atoms with Gasteiger partial charge in [0, 0.05) is 6.04 Å². The number of ether oxygens (including phenoxy) is 1. The number of aliphatic hydroxyl groups is 1. The van der Waals surface area contributed by atoms with Crippen LogP contribution in [0.3, 0.4) is 0 Å². The number of rotatable bonds is 1. The Labute approximate surface area is 54.8 Å². The summed E-state index contributed by atoms with van der Waals surface area (Å²) in [6, 6.07) is 0.0324. The lowest BCUT2D eigenvalue weighted by molar-refractivity contribution is 0.0156. The number of hydrogen-bond donors (Lipinski definition) is 2. The Kier molecular flexibility index (Phi) is 2.05. The van der Waals surface area contributed by atoms with Gasteiger partial charge in [0.05, 0.1) is 18.8 Å². The van der Waals surface area contributed by atoms with E-state index in [2.05, 4.69) is 0 Å². The van der Waals surface area contributed by atoms with Crippen LogP contribution in [0.25, 0.3) is 0 Å². The molecule has 1 rings (SSSR count). The Balaban J connectivity index is 2.38. The molecule has 0 amide bonds. The molecule has 0 saturated carbocycles. The van der Waals surface area contributed by atoms with Crippen molar-refractivity contribution in [2.45, 2.75) is 31.6 Å². The number of aliphatic hydroxyl groups excluding tert-OH is 1. The van der Waals surface area contributed by atoms with E-state index < -0.39 is 0 Å². The monoisotopic (exact) mass is 131 g/mol. The molecule has 0 aromatic rings. The average Bonchev–Trinajstić information content (AvgIpc) is 2.10. The Morgan fingerprint density at radius 3 is 2.67 bits per heavy atom. The molecule has 3 N–H and O–H groups in total. The predicted octanol–water partition coefficient (Wildman–Crippen LogP) is -0.517. The van der Waals surface area contributed by atoms with E-state index in [0.29, 0.717) is 0 Å². The van der Waals surface area contributed by atoms with Crippen LogP contribution < -0.4 is 5.73 Å². The van der Waals surface area contributed by atoms with Crippen LogP contribution in [0.4, 0.5) is 0 Å². The zero-order valence-electron chi connectivity index (χ0n) is 5.58. The minimum Gasteiger partial charge on any atom is -0.394 e. The van der Waals surface area contributed by atoms with Gasteiger partial charge in [-0.15, -0.1) is 0 Å². The van der Waals surface area contributed by atoms with Crippen LogP contribution in [0.2, 0.25) is 0 Å². The smallest absolute Gasteiger partial charge is 0.0960 e. The molecule has 0 aromatic carbocycles. The lowest BCUT2D eigenvalue weighted by Crippen LogP contribution is -2.32. The Morgan fingerprint density at radius 1 is 1.78 bits per heavy atom. The molecule has 0 aromatic heterocycles. The van der Waals surface area contributed by atoms with E-state index in [1.807, 2.05) is 6.92 Å². The Morgan fingerprint density at radius 2 is 2.44 bits per heavy atom. The molecule has 0 bridgehead atoms. The zero-order valence-corrected chi connectivity index (χ0v) is 5.58. The van der Waals surface area contributed by atoms with Crippen molar-refractivity contribution in [2.24, 2.45) is 5.73 Å². The van der Waals surface area contributed by atoms with E-state index in [1.165, 1.54) is 0 Å². The Hall–Kier alpha value is -0.120. The molecular formula is C6H13NO2. The second-order valence-electron chi connectivity index (χ2n) is 2.57. The first-order valence-electron chi connectivity index (χ1n) is 3.26. The fourth-order valence-electron chi connectivity index (χ4n) is 1.17. The van der Waals surface area contributed by atoms with E-state index in [-0.39, 0.29) is 24.9 Å². The Bertz CT molecular complexity index is 97.1. The molecule has 0 aliphatic carbocycles. The van der Waals surface area contributed by atoms with E-state index >= 15 is 0 Å². The molecule has 3 nitrogen and oxygen atoms in total. The van der Waals surface area contributed by atoms with Crippen molar-refractivity contribution in [3.63, 3.8) is 0 Å². The van der Waals surface area contributed by atoms with Crippen molar-refractivity contribution in [3.05, 3.63) is 0 Å². The van der Waals surface area contributed by atoms with Crippen LogP contribution in [0, 0.1) is 0 Å². The molecule has 1 aliphatic rings. The molecular weight excluding hydrogens is 118 g/mol. The number of hydrogen-bond acceptors (Lipinski definition) is 3. The fraction of sp³-hybridized carbons (Fsp3) is 1.00. The van der Waals surface area contributed by atoms with E-state index in [0.717, 1.165) is 6.42 Å². The fourth-order valence-corrected chi connectivity index (χ4v) is 1.17. The maximum Gasteiger partial charge on any atom is 0.0960 e. The molecule has 0 radical (unpaired) electrons. The van der Waals surface area contributed by atoms with Gasteiger partial charge >= 0.3 is 0 Å².